The first-order valence-corrected chi connectivity index (χ1v) is 8.71. The van der Waals surface area contributed by atoms with Crippen LogP contribution >= 0.6 is 0 Å². The summed E-state index contributed by atoms with van der Waals surface area (Å²) in [6.07, 6.45) is 0.858. The van der Waals surface area contributed by atoms with Crippen LogP contribution in [-0.4, -0.2) is 57.8 Å². The molecule has 0 fully saturated rings. The first-order chi connectivity index (χ1) is 12.0. The SMILES string of the molecule is CCNC(=NCC(c1c(F)cccc1F)N(C)C)NCCCOCC. The van der Waals surface area contributed by atoms with Crippen molar-refractivity contribution >= 4 is 5.96 Å². The average molecular weight is 356 g/mol. The average Bonchev–Trinajstić information content (AvgIpc) is 2.56. The van der Waals surface area contributed by atoms with Gasteiger partial charge in [-0.15, -0.1) is 0 Å². The summed E-state index contributed by atoms with van der Waals surface area (Å²) in [5.74, 6) is -0.477. The molecule has 0 radical (unpaired) electrons. The summed E-state index contributed by atoms with van der Waals surface area (Å²) in [6.45, 7) is 6.98. The van der Waals surface area contributed by atoms with Gasteiger partial charge in [0.2, 0.25) is 0 Å². The van der Waals surface area contributed by atoms with Gasteiger partial charge in [-0.05, 0) is 46.5 Å². The largest absolute Gasteiger partial charge is 0.382 e. The van der Waals surface area contributed by atoms with Gasteiger partial charge in [0, 0.05) is 31.9 Å². The van der Waals surface area contributed by atoms with E-state index >= 15 is 0 Å². The summed E-state index contributed by atoms with van der Waals surface area (Å²) in [5, 5.41) is 6.35. The number of nitrogens with zero attached hydrogens (tertiary/aromatic N) is 2. The molecular weight excluding hydrogens is 326 g/mol. The van der Waals surface area contributed by atoms with Gasteiger partial charge in [0.1, 0.15) is 11.6 Å². The van der Waals surface area contributed by atoms with Crippen molar-refractivity contribution in [1.29, 1.82) is 0 Å². The number of halogens is 2. The first-order valence-electron chi connectivity index (χ1n) is 8.71. The van der Waals surface area contributed by atoms with E-state index in [1.54, 1.807) is 19.0 Å². The molecule has 1 unspecified atom stereocenters. The highest BCUT2D eigenvalue weighted by molar-refractivity contribution is 5.79. The quantitative estimate of drug-likeness (QED) is 0.384. The molecule has 0 spiro atoms. The zero-order valence-corrected chi connectivity index (χ0v) is 15.6. The maximum atomic E-state index is 14.1. The Morgan fingerprint density at radius 1 is 1.20 bits per heavy atom. The Morgan fingerprint density at radius 3 is 2.44 bits per heavy atom. The van der Waals surface area contributed by atoms with Crippen LogP contribution in [-0.2, 0) is 4.74 Å². The third-order valence-corrected chi connectivity index (χ3v) is 3.68. The number of aliphatic imine (C=N–C) groups is 1. The minimum Gasteiger partial charge on any atom is -0.382 e. The predicted molar refractivity (Wildman–Crippen MR) is 97.9 cm³/mol. The molecule has 0 aliphatic heterocycles. The fourth-order valence-electron chi connectivity index (χ4n) is 2.39. The minimum absolute atomic E-state index is 0.0449. The molecule has 0 bridgehead atoms. The molecular formula is C18H30F2N4O. The van der Waals surface area contributed by atoms with Crippen LogP contribution in [0.4, 0.5) is 8.78 Å². The molecule has 0 aliphatic carbocycles. The van der Waals surface area contributed by atoms with Gasteiger partial charge >= 0.3 is 0 Å². The highest BCUT2D eigenvalue weighted by Crippen LogP contribution is 2.24. The first kappa shape index (κ1) is 21.3. The van der Waals surface area contributed by atoms with E-state index < -0.39 is 17.7 Å². The molecule has 0 saturated heterocycles. The summed E-state index contributed by atoms with van der Waals surface area (Å²) >= 11 is 0. The van der Waals surface area contributed by atoms with Crippen molar-refractivity contribution in [2.75, 3.05) is 46.9 Å². The van der Waals surface area contributed by atoms with Crippen LogP contribution < -0.4 is 10.6 Å². The Balaban J connectivity index is 2.78. The summed E-state index contributed by atoms with van der Waals surface area (Å²) < 4.78 is 33.5. The molecule has 7 heteroatoms. The van der Waals surface area contributed by atoms with E-state index in [2.05, 4.69) is 15.6 Å². The molecule has 1 aromatic carbocycles. The van der Waals surface area contributed by atoms with Gasteiger partial charge in [0.15, 0.2) is 5.96 Å². The Morgan fingerprint density at radius 2 is 1.88 bits per heavy atom. The topological polar surface area (TPSA) is 48.9 Å². The van der Waals surface area contributed by atoms with E-state index in [1.165, 1.54) is 18.2 Å². The van der Waals surface area contributed by atoms with Gasteiger partial charge in [0.05, 0.1) is 12.6 Å². The Hall–Kier alpha value is -1.73. The van der Waals surface area contributed by atoms with Gasteiger partial charge in [0.25, 0.3) is 0 Å². The van der Waals surface area contributed by atoms with Gasteiger partial charge in [-0.3, -0.25) is 4.99 Å². The summed E-state index contributed by atoms with van der Waals surface area (Å²) in [4.78, 5) is 6.26. The van der Waals surface area contributed by atoms with Crippen LogP contribution in [0.15, 0.2) is 23.2 Å². The second kappa shape index (κ2) is 11.8. The molecule has 142 valence electrons. The van der Waals surface area contributed by atoms with Gasteiger partial charge in [-0.2, -0.15) is 0 Å². The van der Waals surface area contributed by atoms with Crippen LogP contribution in [0.25, 0.3) is 0 Å². The van der Waals surface area contributed by atoms with E-state index in [0.717, 1.165) is 6.42 Å². The maximum Gasteiger partial charge on any atom is 0.191 e. The van der Waals surface area contributed by atoms with E-state index in [9.17, 15) is 8.78 Å². The van der Waals surface area contributed by atoms with Crippen LogP contribution in [0.5, 0.6) is 0 Å². The number of likely N-dealkylation sites (N-methyl/N-ethyl adjacent to an activating group) is 1. The van der Waals surface area contributed by atoms with E-state index in [-0.39, 0.29) is 12.1 Å². The Kier molecular flexibility index (Phi) is 10.0. The Labute approximate surface area is 149 Å². The van der Waals surface area contributed by atoms with Gasteiger partial charge in [-0.25, -0.2) is 8.78 Å². The molecule has 25 heavy (non-hydrogen) atoms. The lowest BCUT2D eigenvalue weighted by Crippen LogP contribution is -2.39. The van der Waals surface area contributed by atoms with E-state index in [1.807, 2.05) is 13.8 Å². The van der Waals surface area contributed by atoms with Crippen LogP contribution in [0.1, 0.15) is 31.9 Å². The molecule has 1 atom stereocenters. The van der Waals surface area contributed by atoms with Crippen molar-refractivity contribution in [2.24, 2.45) is 4.99 Å². The molecule has 2 N–H and O–H groups in total. The zero-order valence-electron chi connectivity index (χ0n) is 15.6. The molecule has 1 rings (SSSR count). The van der Waals surface area contributed by atoms with Crippen LogP contribution in [0.2, 0.25) is 0 Å². The molecule has 0 saturated carbocycles. The van der Waals surface area contributed by atoms with E-state index in [4.69, 9.17) is 4.74 Å². The number of guanidine groups is 1. The molecule has 0 aromatic heterocycles. The molecule has 1 aromatic rings. The summed E-state index contributed by atoms with van der Waals surface area (Å²) in [5.41, 5.74) is 0.0449. The van der Waals surface area contributed by atoms with Crippen molar-refractivity contribution in [2.45, 2.75) is 26.3 Å². The smallest absolute Gasteiger partial charge is 0.191 e. The third-order valence-electron chi connectivity index (χ3n) is 3.68. The van der Waals surface area contributed by atoms with Crippen molar-refractivity contribution in [3.8, 4) is 0 Å². The van der Waals surface area contributed by atoms with Crippen LogP contribution in [0, 0.1) is 11.6 Å². The number of benzene rings is 1. The number of hydrogen-bond donors (Lipinski definition) is 2. The highest BCUT2D eigenvalue weighted by atomic mass is 19.1. The second-order valence-corrected chi connectivity index (χ2v) is 5.81. The van der Waals surface area contributed by atoms with Crippen molar-refractivity contribution in [1.82, 2.24) is 15.5 Å². The standard InChI is InChI=1S/C18H30F2N4O/c1-5-21-18(22-11-8-12-25-6-2)23-13-16(24(3)4)17-14(19)9-7-10-15(17)20/h7,9-10,16H,5-6,8,11-13H2,1-4H3,(H2,21,22,23). The fourth-order valence-corrected chi connectivity index (χ4v) is 2.39. The normalized spacial score (nSPS) is 13.2. The number of ether oxygens (including phenoxy) is 1. The second-order valence-electron chi connectivity index (χ2n) is 5.81. The van der Waals surface area contributed by atoms with Crippen molar-refractivity contribution < 1.29 is 13.5 Å². The van der Waals surface area contributed by atoms with Crippen molar-refractivity contribution in [3.05, 3.63) is 35.4 Å². The minimum atomic E-state index is -0.552. The summed E-state index contributed by atoms with van der Waals surface area (Å²) in [6, 6.07) is 3.43. The zero-order chi connectivity index (χ0) is 18.7. The molecule has 0 amide bonds. The lowest BCUT2D eigenvalue weighted by molar-refractivity contribution is 0.145. The van der Waals surface area contributed by atoms with Gasteiger partial charge < -0.3 is 20.3 Å². The molecule has 0 aliphatic rings. The van der Waals surface area contributed by atoms with Crippen molar-refractivity contribution in [3.63, 3.8) is 0 Å². The third kappa shape index (κ3) is 7.36. The predicted octanol–water partition coefficient (Wildman–Crippen LogP) is 2.55. The van der Waals surface area contributed by atoms with Gasteiger partial charge in [-0.1, -0.05) is 6.07 Å². The van der Waals surface area contributed by atoms with Crippen LogP contribution in [0.3, 0.4) is 0 Å². The monoisotopic (exact) mass is 356 g/mol. The number of rotatable bonds is 10. The lowest BCUT2D eigenvalue weighted by Gasteiger charge is -2.24. The number of hydrogen-bond acceptors (Lipinski definition) is 3. The number of nitrogens with one attached hydrogen (secondary N) is 2. The lowest BCUT2D eigenvalue weighted by atomic mass is 10.0. The molecule has 0 heterocycles. The Bertz CT molecular complexity index is 518. The van der Waals surface area contributed by atoms with E-state index in [0.29, 0.717) is 32.3 Å². The summed E-state index contributed by atoms with van der Waals surface area (Å²) in [7, 11) is 3.57. The highest BCUT2D eigenvalue weighted by Gasteiger charge is 2.22. The maximum absolute atomic E-state index is 14.1. The molecule has 5 nitrogen and oxygen atoms in total. The fraction of sp³-hybridized carbons (Fsp3) is 0.611.